The van der Waals surface area contributed by atoms with E-state index >= 15 is 0 Å². The van der Waals surface area contributed by atoms with Crippen molar-refractivity contribution >= 4 is 34.1 Å². The van der Waals surface area contributed by atoms with Crippen LogP contribution in [0, 0.1) is 0 Å². The van der Waals surface area contributed by atoms with Gasteiger partial charge in [-0.25, -0.2) is 0 Å². The van der Waals surface area contributed by atoms with Crippen LogP contribution in [0.4, 0.5) is 0 Å². The van der Waals surface area contributed by atoms with Crippen molar-refractivity contribution < 1.29 is 55.0 Å². The van der Waals surface area contributed by atoms with E-state index in [4.69, 9.17) is 0 Å². The summed E-state index contributed by atoms with van der Waals surface area (Å²) in [6.07, 6.45) is 0. The third kappa shape index (κ3) is 8.86. The molecule has 0 aromatic rings. The molecule has 0 bridgehead atoms. The molecule has 0 fully saturated rings. The van der Waals surface area contributed by atoms with E-state index in [0.29, 0.717) is 0 Å². The summed E-state index contributed by atoms with van der Waals surface area (Å²) in [5, 5.41) is 0. The van der Waals surface area contributed by atoms with E-state index in [9.17, 15) is 0 Å². The van der Waals surface area contributed by atoms with Gasteiger partial charge in [0.2, 0.25) is 0 Å². The average Bonchev–Trinajstić information content (AvgIpc) is 0. The molecule has 0 saturated heterocycles. The van der Waals surface area contributed by atoms with Gasteiger partial charge in [-0.2, -0.15) is 0 Å². The van der Waals surface area contributed by atoms with Crippen LogP contribution in [0.5, 0.6) is 0 Å². The molecule has 0 aliphatic rings. The van der Waals surface area contributed by atoms with Crippen molar-refractivity contribution in [3.63, 3.8) is 0 Å². The van der Waals surface area contributed by atoms with Gasteiger partial charge < -0.3 is 34.1 Å². The van der Waals surface area contributed by atoms with E-state index in [1.165, 1.54) is 0 Å². The summed E-state index contributed by atoms with van der Waals surface area (Å²) in [7, 11) is 0. The predicted octanol–water partition coefficient (Wildman–Crippen LogP) is -0.767. The summed E-state index contributed by atoms with van der Waals surface area (Å²) in [4.78, 5) is 0. The second-order valence-electron chi connectivity index (χ2n) is 0. The van der Waals surface area contributed by atoms with Crippen LogP contribution in [-0.2, 0) is 55.0 Å². The topological polar surface area (TPSA) is 0 Å². The molecular weight excluding hydrogens is 471 g/mol. The standard InChI is InChI=1S/Cd.Hg.2Se/q2*+2;2*-2. The minimum atomic E-state index is 0. The zero-order chi connectivity index (χ0) is 0. The Morgan fingerprint density at radius 3 is 0.750 bits per heavy atom. The first kappa shape index (κ1) is 28.6. The average molecular weight is 471 g/mol. The van der Waals surface area contributed by atoms with Gasteiger partial charge >= 0.3 is 55.0 Å². The van der Waals surface area contributed by atoms with Gasteiger partial charge in [0.05, 0.1) is 0 Å². The largest absolute Gasteiger partial charge is 2.00 e. The van der Waals surface area contributed by atoms with Crippen LogP contribution < -0.4 is 0 Å². The van der Waals surface area contributed by atoms with Crippen molar-refractivity contribution in [1.82, 2.24) is 0 Å². The molecule has 0 rings (SSSR count). The summed E-state index contributed by atoms with van der Waals surface area (Å²) >= 11 is 0. The van der Waals surface area contributed by atoms with Crippen LogP contribution >= 0.6 is 0 Å². The molecule has 0 aromatic carbocycles. The molecule has 0 spiro atoms. The van der Waals surface area contributed by atoms with Crippen molar-refractivity contribution in [1.29, 1.82) is 0 Å². The quantitative estimate of drug-likeness (QED) is 0.408. The number of rotatable bonds is 0. The fourth-order valence-corrected chi connectivity index (χ4v) is 0. The maximum absolute atomic E-state index is 0. The molecule has 0 aliphatic carbocycles. The summed E-state index contributed by atoms with van der Waals surface area (Å²) in [6, 6.07) is 0. The van der Waals surface area contributed by atoms with E-state index < -0.39 is 0 Å². The van der Waals surface area contributed by atoms with Crippen LogP contribution in [0.25, 0.3) is 0 Å². The van der Waals surface area contributed by atoms with Gasteiger partial charge in [-0.3, -0.25) is 0 Å². The van der Waals surface area contributed by atoms with Gasteiger partial charge in [0.1, 0.15) is 0 Å². The monoisotopic (exact) mass is 476 g/mol. The molecular formula is CdHgSe2. The van der Waals surface area contributed by atoms with Gasteiger partial charge in [-0.15, -0.1) is 0 Å². The first-order valence-electron chi connectivity index (χ1n) is 0. The second kappa shape index (κ2) is 16.9. The Morgan fingerprint density at radius 2 is 0.750 bits per heavy atom. The fourth-order valence-electron chi connectivity index (χ4n) is 0. The number of hydrogen-bond donors (Lipinski definition) is 0. The van der Waals surface area contributed by atoms with E-state index in [-0.39, 0.29) is 89.1 Å². The van der Waals surface area contributed by atoms with Crippen LogP contribution in [0.3, 0.4) is 0 Å². The Balaban J connectivity index is 0. The Bertz CT molecular complexity index is 6.00. The van der Waals surface area contributed by atoms with Gasteiger partial charge in [0, 0.05) is 0 Å². The SMILES string of the molecule is [Cd+2].[Hg+2].[Se-2].[Se-2]. The predicted molar refractivity (Wildman–Crippen MR) is 11.5 cm³/mol. The first-order valence-corrected chi connectivity index (χ1v) is 0. The molecule has 0 aromatic heterocycles. The third-order valence-electron chi connectivity index (χ3n) is 0. The maximum atomic E-state index is 0. The molecule has 0 nitrogen and oxygen atoms in total. The fraction of sp³-hybridized carbons (Fsp3) is 0. The van der Waals surface area contributed by atoms with E-state index in [1.807, 2.05) is 0 Å². The summed E-state index contributed by atoms with van der Waals surface area (Å²) in [6.45, 7) is 0. The Labute approximate surface area is 87.5 Å². The minimum absolute atomic E-state index is 0. The van der Waals surface area contributed by atoms with Crippen molar-refractivity contribution in [3.8, 4) is 0 Å². The molecule has 0 N–H and O–H groups in total. The molecule has 0 saturated carbocycles. The zero-order valence-electron chi connectivity index (χ0n) is 2.23. The Hall–Kier alpha value is 2.90. The molecule has 16 valence electrons. The molecule has 0 unspecified atom stereocenters. The minimum Gasteiger partial charge on any atom is -2.00 e. The molecule has 0 aliphatic heterocycles. The van der Waals surface area contributed by atoms with Crippen LogP contribution in [0.2, 0.25) is 0 Å². The van der Waals surface area contributed by atoms with Crippen LogP contribution in [-0.4, -0.2) is 34.1 Å². The first-order chi connectivity index (χ1) is 0. The van der Waals surface area contributed by atoms with Gasteiger partial charge in [0.15, 0.2) is 0 Å². The summed E-state index contributed by atoms with van der Waals surface area (Å²) < 4.78 is 0. The molecule has 4 heteroatoms. The summed E-state index contributed by atoms with van der Waals surface area (Å²) in [5.74, 6) is 0. The third-order valence-corrected chi connectivity index (χ3v) is 0. The van der Waals surface area contributed by atoms with Crippen molar-refractivity contribution in [2.75, 3.05) is 0 Å². The van der Waals surface area contributed by atoms with Gasteiger partial charge in [-0.1, -0.05) is 0 Å². The molecule has 0 amide bonds. The molecule has 0 heterocycles. The van der Waals surface area contributed by atoms with Crippen molar-refractivity contribution in [2.24, 2.45) is 0 Å². The smallest absolute Gasteiger partial charge is 2.00 e. The Morgan fingerprint density at radius 1 is 0.750 bits per heavy atom. The Kier molecular flexibility index (Phi) is 120. The second-order valence-corrected chi connectivity index (χ2v) is 0. The van der Waals surface area contributed by atoms with Crippen LogP contribution in [0.15, 0.2) is 0 Å². The van der Waals surface area contributed by atoms with E-state index in [0.717, 1.165) is 0 Å². The molecule has 4 heavy (non-hydrogen) atoms. The maximum Gasteiger partial charge on any atom is 2.00 e. The van der Waals surface area contributed by atoms with E-state index in [1.54, 1.807) is 0 Å². The molecule has 0 atom stereocenters. The van der Waals surface area contributed by atoms with E-state index in [2.05, 4.69) is 0 Å². The van der Waals surface area contributed by atoms with Crippen LogP contribution in [0.1, 0.15) is 0 Å². The van der Waals surface area contributed by atoms with Crippen molar-refractivity contribution in [3.05, 3.63) is 0 Å². The van der Waals surface area contributed by atoms with Crippen molar-refractivity contribution in [2.45, 2.75) is 0 Å². The summed E-state index contributed by atoms with van der Waals surface area (Å²) in [5.41, 5.74) is 0. The molecule has 0 radical (unpaired) electrons. The van der Waals surface area contributed by atoms with Gasteiger partial charge in [0.25, 0.3) is 0 Å². The number of hydrogen-bond acceptors (Lipinski definition) is 0. The normalized spacial score (nSPS) is 0. The van der Waals surface area contributed by atoms with Gasteiger partial charge in [-0.05, 0) is 0 Å². The zero-order valence-corrected chi connectivity index (χ0v) is 15.2.